The van der Waals surface area contributed by atoms with Crippen LogP contribution in [0.2, 0.25) is 10.0 Å². The molecule has 0 bridgehead atoms. The molecule has 0 saturated heterocycles. The first-order chi connectivity index (χ1) is 10.6. The molecular formula is C14H8Cl2N2O3S. The number of ether oxygens (including phenoxy) is 1. The molecule has 2 aromatic heterocycles. The highest BCUT2D eigenvalue weighted by atomic mass is 35.5. The van der Waals surface area contributed by atoms with Gasteiger partial charge in [-0.15, -0.1) is 0 Å². The maximum absolute atomic E-state index is 11.9. The molecule has 0 N–H and O–H groups in total. The number of hydrogen-bond acceptors (Lipinski definition) is 6. The molecule has 0 spiro atoms. The van der Waals surface area contributed by atoms with Gasteiger partial charge in [-0.25, -0.2) is 4.79 Å². The van der Waals surface area contributed by atoms with Gasteiger partial charge in [-0.1, -0.05) is 28.4 Å². The molecule has 0 saturated carbocycles. The van der Waals surface area contributed by atoms with E-state index in [1.807, 2.05) is 16.8 Å². The number of aromatic nitrogens is 2. The average molecular weight is 355 g/mol. The molecule has 3 rings (SSSR count). The van der Waals surface area contributed by atoms with Crippen molar-refractivity contribution in [1.29, 1.82) is 0 Å². The summed E-state index contributed by atoms with van der Waals surface area (Å²) in [5, 5.41) is 8.29. The highest BCUT2D eigenvalue weighted by Gasteiger charge is 2.13. The van der Waals surface area contributed by atoms with Gasteiger partial charge < -0.3 is 9.26 Å². The maximum atomic E-state index is 11.9. The molecule has 112 valence electrons. The number of nitrogens with zero attached hydrogens (tertiary/aromatic N) is 2. The molecule has 3 aromatic rings. The molecule has 0 fully saturated rings. The van der Waals surface area contributed by atoms with Crippen molar-refractivity contribution >= 4 is 40.5 Å². The van der Waals surface area contributed by atoms with Gasteiger partial charge in [0.05, 0.1) is 15.6 Å². The van der Waals surface area contributed by atoms with E-state index in [1.165, 1.54) is 29.5 Å². The van der Waals surface area contributed by atoms with Crippen molar-refractivity contribution in [2.24, 2.45) is 0 Å². The van der Waals surface area contributed by atoms with Gasteiger partial charge in [0, 0.05) is 10.9 Å². The van der Waals surface area contributed by atoms with Crippen LogP contribution in [0, 0.1) is 0 Å². The predicted octanol–water partition coefficient (Wildman–Crippen LogP) is 4.46. The number of rotatable bonds is 4. The normalized spacial score (nSPS) is 10.6. The Morgan fingerprint density at radius 3 is 2.86 bits per heavy atom. The Hall–Kier alpha value is -1.89. The third kappa shape index (κ3) is 3.30. The van der Waals surface area contributed by atoms with E-state index < -0.39 is 5.97 Å². The van der Waals surface area contributed by atoms with Crippen molar-refractivity contribution in [2.45, 2.75) is 6.61 Å². The van der Waals surface area contributed by atoms with Gasteiger partial charge in [-0.2, -0.15) is 16.3 Å². The van der Waals surface area contributed by atoms with Gasteiger partial charge in [0.25, 0.3) is 5.89 Å². The minimum Gasteiger partial charge on any atom is -0.452 e. The molecular weight excluding hydrogens is 347 g/mol. The van der Waals surface area contributed by atoms with Crippen LogP contribution in [0.25, 0.3) is 11.4 Å². The fourth-order valence-electron chi connectivity index (χ4n) is 1.66. The summed E-state index contributed by atoms with van der Waals surface area (Å²) in [5.41, 5.74) is 1.16. The van der Waals surface area contributed by atoms with Crippen LogP contribution in [0.4, 0.5) is 0 Å². The van der Waals surface area contributed by atoms with E-state index in [0.29, 0.717) is 16.4 Å². The monoisotopic (exact) mass is 354 g/mol. The lowest BCUT2D eigenvalue weighted by Crippen LogP contribution is -2.05. The zero-order valence-electron chi connectivity index (χ0n) is 11.0. The number of carbonyl (C=O) groups excluding carboxylic acids is 1. The standard InChI is InChI=1S/C14H8Cl2N2O3S/c15-10-2-1-8(5-11(10)16)14(19)20-6-12-17-13(18-21-12)9-3-4-22-7-9/h1-5,7H,6H2. The third-order valence-corrected chi connectivity index (χ3v) is 4.15. The molecule has 5 nitrogen and oxygen atoms in total. The lowest BCUT2D eigenvalue weighted by molar-refractivity contribution is 0.0430. The molecule has 8 heteroatoms. The molecule has 0 amide bonds. The van der Waals surface area contributed by atoms with E-state index in [1.54, 1.807) is 0 Å². The number of esters is 1. The third-order valence-electron chi connectivity index (χ3n) is 2.73. The van der Waals surface area contributed by atoms with Crippen LogP contribution in [0.5, 0.6) is 0 Å². The van der Waals surface area contributed by atoms with Crippen LogP contribution < -0.4 is 0 Å². The zero-order chi connectivity index (χ0) is 15.5. The second kappa shape index (κ2) is 6.48. The average Bonchev–Trinajstić information content (AvgIpc) is 3.18. The summed E-state index contributed by atoms with van der Waals surface area (Å²) in [4.78, 5) is 16.1. The first-order valence-corrected chi connectivity index (χ1v) is 7.80. The van der Waals surface area contributed by atoms with Gasteiger partial charge in [0.2, 0.25) is 5.82 Å². The first-order valence-electron chi connectivity index (χ1n) is 6.11. The van der Waals surface area contributed by atoms with E-state index in [2.05, 4.69) is 10.1 Å². The lowest BCUT2D eigenvalue weighted by atomic mass is 10.2. The molecule has 0 radical (unpaired) electrons. The fraction of sp³-hybridized carbons (Fsp3) is 0.0714. The molecule has 0 atom stereocenters. The highest BCUT2D eigenvalue weighted by Crippen LogP contribution is 2.23. The molecule has 0 unspecified atom stereocenters. The maximum Gasteiger partial charge on any atom is 0.338 e. The summed E-state index contributed by atoms with van der Waals surface area (Å²) >= 11 is 13.2. The first kappa shape index (κ1) is 15.0. The van der Waals surface area contributed by atoms with Crippen molar-refractivity contribution in [3.05, 3.63) is 56.5 Å². The summed E-state index contributed by atoms with van der Waals surface area (Å²) < 4.78 is 10.1. The van der Waals surface area contributed by atoms with Crippen LogP contribution >= 0.6 is 34.5 Å². The summed E-state index contributed by atoms with van der Waals surface area (Å²) in [6.45, 7) is -0.115. The van der Waals surface area contributed by atoms with E-state index >= 15 is 0 Å². The largest absolute Gasteiger partial charge is 0.452 e. The minimum absolute atomic E-state index is 0.115. The minimum atomic E-state index is -0.547. The lowest BCUT2D eigenvalue weighted by Gasteiger charge is -2.03. The predicted molar refractivity (Wildman–Crippen MR) is 83.2 cm³/mol. The highest BCUT2D eigenvalue weighted by molar-refractivity contribution is 7.08. The Kier molecular flexibility index (Phi) is 4.42. The van der Waals surface area contributed by atoms with Gasteiger partial charge in [0.15, 0.2) is 6.61 Å². The van der Waals surface area contributed by atoms with E-state index in [-0.39, 0.29) is 17.5 Å². The van der Waals surface area contributed by atoms with Crippen molar-refractivity contribution in [2.75, 3.05) is 0 Å². The molecule has 1 aromatic carbocycles. The van der Waals surface area contributed by atoms with Crippen molar-refractivity contribution in [3.63, 3.8) is 0 Å². The number of halogens is 2. The van der Waals surface area contributed by atoms with Crippen LogP contribution in [-0.4, -0.2) is 16.1 Å². The summed E-state index contributed by atoms with van der Waals surface area (Å²) in [5.74, 6) is 0.130. The van der Waals surface area contributed by atoms with Gasteiger partial charge in [-0.3, -0.25) is 0 Å². The van der Waals surface area contributed by atoms with Gasteiger partial charge in [0.1, 0.15) is 0 Å². The Labute approximate surface area is 139 Å². The van der Waals surface area contributed by atoms with Gasteiger partial charge in [-0.05, 0) is 29.6 Å². The Balaban J connectivity index is 1.65. The van der Waals surface area contributed by atoms with Crippen LogP contribution in [0.1, 0.15) is 16.2 Å². The summed E-state index contributed by atoms with van der Waals surface area (Å²) in [7, 11) is 0. The van der Waals surface area contributed by atoms with Crippen LogP contribution in [0.15, 0.2) is 39.5 Å². The number of hydrogen-bond donors (Lipinski definition) is 0. The molecule has 0 aliphatic carbocycles. The Morgan fingerprint density at radius 2 is 2.14 bits per heavy atom. The van der Waals surface area contributed by atoms with Crippen molar-refractivity contribution < 1.29 is 14.1 Å². The second-order valence-electron chi connectivity index (χ2n) is 4.23. The smallest absolute Gasteiger partial charge is 0.338 e. The number of benzene rings is 1. The Morgan fingerprint density at radius 1 is 1.27 bits per heavy atom. The van der Waals surface area contributed by atoms with E-state index in [9.17, 15) is 4.79 Å². The zero-order valence-corrected chi connectivity index (χ0v) is 13.3. The molecule has 0 aliphatic heterocycles. The van der Waals surface area contributed by atoms with E-state index in [0.717, 1.165) is 5.56 Å². The molecule has 0 aliphatic rings. The fourth-order valence-corrected chi connectivity index (χ4v) is 2.59. The number of carbonyl (C=O) groups is 1. The van der Waals surface area contributed by atoms with Crippen LogP contribution in [0.3, 0.4) is 0 Å². The quantitative estimate of drug-likeness (QED) is 0.647. The molecule has 2 heterocycles. The van der Waals surface area contributed by atoms with E-state index in [4.69, 9.17) is 32.5 Å². The summed E-state index contributed by atoms with van der Waals surface area (Å²) in [6, 6.07) is 6.38. The Bertz CT molecular complexity index is 802. The molecule has 22 heavy (non-hydrogen) atoms. The van der Waals surface area contributed by atoms with Gasteiger partial charge >= 0.3 is 5.97 Å². The number of thiophene rings is 1. The SMILES string of the molecule is O=C(OCc1nc(-c2ccsc2)no1)c1ccc(Cl)c(Cl)c1. The summed E-state index contributed by atoms with van der Waals surface area (Å²) in [6.07, 6.45) is 0. The van der Waals surface area contributed by atoms with Crippen LogP contribution in [-0.2, 0) is 11.3 Å². The second-order valence-corrected chi connectivity index (χ2v) is 5.82. The topological polar surface area (TPSA) is 65.2 Å². The van der Waals surface area contributed by atoms with Crippen molar-refractivity contribution in [3.8, 4) is 11.4 Å². The van der Waals surface area contributed by atoms with Crippen molar-refractivity contribution in [1.82, 2.24) is 10.1 Å².